The minimum atomic E-state index is 0.663. The maximum atomic E-state index is 5.28. The molecular formula is C48H35N3. The van der Waals surface area contributed by atoms with Crippen LogP contribution in [0.3, 0.4) is 0 Å². The van der Waals surface area contributed by atoms with Crippen LogP contribution in [0, 0.1) is 0 Å². The van der Waals surface area contributed by atoms with E-state index in [9.17, 15) is 0 Å². The molecule has 1 heterocycles. The number of rotatable bonds is 5. The topological polar surface area (TPSA) is 29.6 Å². The second-order valence-corrected chi connectivity index (χ2v) is 13.0. The molecule has 0 saturated heterocycles. The fourth-order valence-corrected chi connectivity index (χ4v) is 7.42. The van der Waals surface area contributed by atoms with Crippen molar-refractivity contribution in [1.29, 1.82) is 0 Å². The molecule has 0 aliphatic carbocycles. The Hall–Kier alpha value is -6.58. The predicted octanol–water partition coefficient (Wildman–Crippen LogP) is 12.6. The Kier molecular flexibility index (Phi) is 7.59. The van der Waals surface area contributed by atoms with Crippen LogP contribution in [-0.4, -0.2) is 16.1 Å². The summed E-state index contributed by atoms with van der Waals surface area (Å²) in [6, 6.07) is 60.4. The van der Waals surface area contributed by atoms with Crippen molar-refractivity contribution in [3.05, 3.63) is 193 Å². The maximum Gasteiger partial charge on any atom is 0.160 e. The summed E-state index contributed by atoms with van der Waals surface area (Å²) in [5.41, 5.74) is 8.25. The van der Waals surface area contributed by atoms with E-state index in [-0.39, 0.29) is 0 Å². The van der Waals surface area contributed by atoms with Gasteiger partial charge in [-0.2, -0.15) is 0 Å². The molecule has 0 aliphatic heterocycles. The molecule has 3 nitrogen and oxygen atoms in total. The lowest BCUT2D eigenvalue weighted by Crippen LogP contribution is -2.06. The van der Waals surface area contributed by atoms with Gasteiger partial charge in [0.05, 0.1) is 16.7 Å². The Morgan fingerprint density at radius 3 is 1.71 bits per heavy atom. The molecule has 0 saturated carbocycles. The third kappa shape index (κ3) is 5.40. The first-order valence-electron chi connectivity index (χ1n) is 17.5. The number of nitrogens with zero attached hydrogens (tertiary/aromatic N) is 3. The molecule has 8 aromatic carbocycles. The molecule has 0 bridgehead atoms. The Labute approximate surface area is 297 Å². The lowest BCUT2D eigenvalue weighted by atomic mass is 10.00. The first-order valence-corrected chi connectivity index (χ1v) is 17.5. The third-order valence-corrected chi connectivity index (χ3v) is 9.92. The van der Waals surface area contributed by atoms with Gasteiger partial charge in [0.15, 0.2) is 5.84 Å². The van der Waals surface area contributed by atoms with E-state index >= 15 is 0 Å². The molecule has 3 heteroatoms. The van der Waals surface area contributed by atoms with E-state index in [4.69, 9.17) is 9.98 Å². The average molecular weight is 654 g/mol. The van der Waals surface area contributed by atoms with E-state index < -0.39 is 0 Å². The van der Waals surface area contributed by atoms with Crippen LogP contribution in [0.25, 0.3) is 65.5 Å². The van der Waals surface area contributed by atoms with E-state index in [2.05, 4.69) is 169 Å². The van der Waals surface area contributed by atoms with Crippen molar-refractivity contribution in [1.82, 2.24) is 4.57 Å². The molecule has 0 fully saturated rings. The molecule has 0 aliphatic rings. The molecular weight excluding hydrogens is 619 g/mol. The Balaban J connectivity index is 1.27. The van der Waals surface area contributed by atoms with Gasteiger partial charge in [-0.05, 0) is 87.6 Å². The third-order valence-electron chi connectivity index (χ3n) is 9.92. The van der Waals surface area contributed by atoms with Gasteiger partial charge in [0.2, 0.25) is 0 Å². The summed E-state index contributed by atoms with van der Waals surface area (Å²) in [5, 5.41) is 9.91. The zero-order valence-corrected chi connectivity index (χ0v) is 28.6. The van der Waals surface area contributed by atoms with Crippen molar-refractivity contribution in [3.63, 3.8) is 0 Å². The van der Waals surface area contributed by atoms with E-state index in [1.807, 2.05) is 25.1 Å². The molecule has 9 rings (SSSR count). The highest BCUT2D eigenvalue weighted by atomic mass is 15.0. The summed E-state index contributed by atoms with van der Waals surface area (Å²) in [6.07, 6.45) is 2.06. The van der Waals surface area contributed by atoms with Crippen molar-refractivity contribution < 1.29 is 0 Å². The lowest BCUT2D eigenvalue weighted by Gasteiger charge is -2.12. The molecule has 0 amide bonds. The molecule has 0 atom stereocenters. The fraction of sp³-hybridized carbons (Fsp3) is 0.0417. The van der Waals surface area contributed by atoms with Crippen LogP contribution in [0.5, 0.6) is 0 Å². The van der Waals surface area contributed by atoms with Gasteiger partial charge in [0.25, 0.3) is 0 Å². The predicted molar refractivity (Wildman–Crippen MR) is 219 cm³/mol. The summed E-state index contributed by atoms with van der Waals surface area (Å²) in [7, 11) is 0. The van der Waals surface area contributed by atoms with Gasteiger partial charge in [-0.15, -0.1) is 0 Å². The summed E-state index contributed by atoms with van der Waals surface area (Å²) < 4.78 is 2.40. The van der Waals surface area contributed by atoms with Crippen LogP contribution in [0.2, 0.25) is 0 Å². The van der Waals surface area contributed by atoms with Crippen LogP contribution in [0.4, 0.5) is 0 Å². The Morgan fingerprint density at radius 1 is 0.471 bits per heavy atom. The number of hydrogen-bond donors (Lipinski definition) is 0. The van der Waals surface area contributed by atoms with Crippen molar-refractivity contribution >= 4 is 71.4 Å². The molecule has 1 aromatic heterocycles. The first kappa shape index (κ1) is 30.5. The highest BCUT2D eigenvalue weighted by molar-refractivity contribution is 6.28. The van der Waals surface area contributed by atoms with E-state index in [1.54, 1.807) is 0 Å². The van der Waals surface area contributed by atoms with E-state index in [1.165, 1.54) is 54.1 Å². The standard InChI is InChI=1S/C48H35N3/c1-3-43(36-17-5-4-6-18-36)50-48(49-32(2)37-25-24-33-14-7-8-19-38(33)30-37)39-20-13-21-40(31-39)51-44-28-26-34-15-9-11-22-41(34)46(44)47-42-23-12-10-16-35(42)27-29-45(47)51/h3-31H,1-2H3/b43-3-,49-32?,50-48?. The van der Waals surface area contributed by atoms with Crippen LogP contribution >= 0.6 is 0 Å². The monoisotopic (exact) mass is 653 g/mol. The van der Waals surface area contributed by atoms with Gasteiger partial charge in [0.1, 0.15) is 0 Å². The minimum Gasteiger partial charge on any atom is -0.309 e. The second kappa shape index (κ2) is 12.7. The van der Waals surface area contributed by atoms with Gasteiger partial charge in [-0.1, -0.05) is 146 Å². The van der Waals surface area contributed by atoms with E-state index in [0.717, 1.165) is 33.8 Å². The number of hydrogen-bond acceptors (Lipinski definition) is 1. The Morgan fingerprint density at radius 2 is 1.04 bits per heavy atom. The smallest absolute Gasteiger partial charge is 0.160 e. The molecule has 0 unspecified atom stereocenters. The van der Waals surface area contributed by atoms with Crippen LogP contribution in [-0.2, 0) is 0 Å². The average Bonchev–Trinajstić information content (AvgIpc) is 3.55. The highest BCUT2D eigenvalue weighted by Crippen LogP contribution is 2.40. The fourth-order valence-electron chi connectivity index (χ4n) is 7.42. The molecule has 0 N–H and O–H groups in total. The van der Waals surface area contributed by atoms with Crippen molar-refractivity contribution in [2.24, 2.45) is 9.98 Å². The maximum absolute atomic E-state index is 5.28. The largest absolute Gasteiger partial charge is 0.309 e. The van der Waals surface area contributed by atoms with Gasteiger partial charge in [-0.25, -0.2) is 9.98 Å². The highest BCUT2D eigenvalue weighted by Gasteiger charge is 2.18. The minimum absolute atomic E-state index is 0.663. The van der Waals surface area contributed by atoms with Crippen molar-refractivity contribution in [2.75, 3.05) is 0 Å². The number of benzene rings is 8. The normalized spacial score (nSPS) is 12.9. The SMILES string of the molecule is C/C=C(\N=C(N=C(C)c1ccc2ccccc2c1)c1cccc(-n2c3ccc4ccccc4c3c3c4ccccc4ccc32)c1)c1ccccc1. The molecule has 0 radical (unpaired) electrons. The number of allylic oxidation sites excluding steroid dienone is 1. The summed E-state index contributed by atoms with van der Waals surface area (Å²) in [4.78, 5) is 10.6. The quantitative estimate of drug-likeness (QED) is 0.131. The Bertz CT molecular complexity index is 2780. The van der Waals surface area contributed by atoms with Gasteiger partial charge >= 0.3 is 0 Å². The van der Waals surface area contributed by atoms with Crippen LogP contribution in [0.15, 0.2) is 186 Å². The summed E-state index contributed by atoms with van der Waals surface area (Å²) >= 11 is 0. The zero-order valence-electron chi connectivity index (χ0n) is 28.6. The number of fused-ring (bicyclic) bond motifs is 8. The number of aromatic nitrogens is 1. The number of aliphatic imine (C=N–C) groups is 2. The molecule has 242 valence electrons. The van der Waals surface area contributed by atoms with Gasteiger partial charge < -0.3 is 4.57 Å². The lowest BCUT2D eigenvalue weighted by molar-refractivity contribution is 1.18. The van der Waals surface area contributed by atoms with Crippen LogP contribution in [0.1, 0.15) is 30.5 Å². The second-order valence-electron chi connectivity index (χ2n) is 13.0. The van der Waals surface area contributed by atoms with Gasteiger partial charge in [0, 0.05) is 27.7 Å². The van der Waals surface area contributed by atoms with Crippen molar-refractivity contribution in [3.8, 4) is 5.69 Å². The van der Waals surface area contributed by atoms with E-state index in [0.29, 0.717) is 5.84 Å². The summed E-state index contributed by atoms with van der Waals surface area (Å²) in [5.74, 6) is 0.663. The zero-order chi connectivity index (χ0) is 34.3. The van der Waals surface area contributed by atoms with Gasteiger partial charge in [-0.3, -0.25) is 0 Å². The van der Waals surface area contributed by atoms with Crippen molar-refractivity contribution in [2.45, 2.75) is 13.8 Å². The molecule has 0 spiro atoms. The molecule has 51 heavy (non-hydrogen) atoms. The first-order chi connectivity index (χ1) is 25.2. The molecule has 9 aromatic rings. The van der Waals surface area contributed by atoms with Crippen LogP contribution < -0.4 is 0 Å². The number of amidine groups is 1. The summed E-state index contributed by atoms with van der Waals surface area (Å²) in [6.45, 7) is 4.11.